The standard InChI is InChI=1S/C23H17FN6/c24-18-7-4-16(5-8-18)19-10-6-17(14-26)23(30-19)27-11-1-2-22-28-20-9-3-15(13-25)12-21(20)29-22/h3-10,12H,1-2,11H2,(H,27,30)(H,28,29). The molecule has 4 aromatic rings. The van der Waals surface area contributed by atoms with Crippen LogP contribution in [0.25, 0.3) is 22.3 Å². The molecular weight excluding hydrogens is 379 g/mol. The quantitative estimate of drug-likeness (QED) is 0.466. The first-order valence-corrected chi connectivity index (χ1v) is 9.46. The Morgan fingerprint density at radius 3 is 2.57 bits per heavy atom. The number of benzene rings is 2. The van der Waals surface area contributed by atoms with E-state index in [1.54, 1.807) is 36.4 Å². The molecule has 0 spiro atoms. The third-order valence-corrected chi connectivity index (χ3v) is 4.70. The molecule has 0 radical (unpaired) electrons. The first-order valence-electron chi connectivity index (χ1n) is 9.46. The van der Waals surface area contributed by atoms with E-state index in [4.69, 9.17) is 5.26 Å². The molecule has 0 fully saturated rings. The van der Waals surface area contributed by atoms with Crippen LogP contribution in [0.15, 0.2) is 54.6 Å². The average molecular weight is 396 g/mol. The van der Waals surface area contributed by atoms with Gasteiger partial charge in [-0.25, -0.2) is 14.4 Å². The third kappa shape index (κ3) is 4.11. The Morgan fingerprint density at radius 1 is 0.967 bits per heavy atom. The summed E-state index contributed by atoms with van der Waals surface area (Å²) in [5, 5.41) is 21.6. The van der Waals surface area contributed by atoms with Crippen molar-refractivity contribution in [1.82, 2.24) is 15.0 Å². The van der Waals surface area contributed by atoms with Gasteiger partial charge in [-0.2, -0.15) is 10.5 Å². The van der Waals surface area contributed by atoms with E-state index < -0.39 is 0 Å². The SMILES string of the molecule is N#Cc1ccc2nc(CCCNc3nc(-c4ccc(F)cc4)ccc3C#N)[nH]c2c1. The molecule has 0 amide bonds. The fourth-order valence-corrected chi connectivity index (χ4v) is 3.18. The molecule has 2 heterocycles. The molecule has 0 unspecified atom stereocenters. The number of aryl methyl sites for hydroxylation is 1. The second-order valence-electron chi connectivity index (χ2n) is 6.77. The zero-order chi connectivity index (χ0) is 20.9. The number of nitrogens with zero attached hydrogens (tertiary/aromatic N) is 4. The van der Waals surface area contributed by atoms with Gasteiger partial charge in [0.1, 0.15) is 23.5 Å². The van der Waals surface area contributed by atoms with Gasteiger partial charge < -0.3 is 10.3 Å². The number of nitrogens with one attached hydrogen (secondary N) is 2. The number of rotatable bonds is 6. The van der Waals surface area contributed by atoms with Crippen LogP contribution < -0.4 is 5.32 Å². The number of H-pyrrole nitrogens is 1. The van der Waals surface area contributed by atoms with Crippen molar-refractivity contribution in [2.75, 3.05) is 11.9 Å². The fourth-order valence-electron chi connectivity index (χ4n) is 3.18. The number of hydrogen-bond donors (Lipinski definition) is 2. The summed E-state index contributed by atoms with van der Waals surface area (Å²) < 4.78 is 13.2. The first-order chi connectivity index (χ1) is 14.7. The van der Waals surface area contributed by atoms with Gasteiger partial charge in [-0.1, -0.05) is 0 Å². The van der Waals surface area contributed by atoms with Crippen LogP contribution in [0.2, 0.25) is 0 Å². The highest BCUT2D eigenvalue weighted by Gasteiger charge is 2.08. The third-order valence-electron chi connectivity index (χ3n) is 4.70. The molecule has 0 saturated heterocycles. The second-order valence-corrected chi connectivity index (χ2v) is 6.77. The van der Waals surface area contributed by atoms with Crippen molar-refractivity contribution in [1.29, 1.82) is 10.5 Å². The maximum Gasteiger partial charge on any atom is 0.144 e. The van der Waals surface area contributed by atoms with Gasteiger partial charge in [-0.15, -0.1) is 0 Å². The van der Waals surface area contributed by atoms with Crippen LogP contribution in [0, 0.1) is 28.5 Å². The molecule has 2 N–H and O–H groups in total. The molecule has 7 heteroatoms. The van der Waals surface area contributed by atoms with Gasteiger partial charge in [0.25, 0.3) is 0 Å². The van der Waals surface area contributed by atoms with Crippen LogP contribution in [0.3, 0.4) is 0 Å². The Hall–Kier alpha value is -4.23. The number of anilines is 1. The Morgan fingerprint density at radius 2 is 1.80 bits per heavy atom. The number of halogens is 1. The Labute approximate surface area is 172 Å². The summed E-state index contributed by atoms with van der Waals surface area (Å²) in [5.41, 5.74) is 4.17. The normalized spacial score (nSPS) is 10.5. The van der Waals surface area contributed by atoms with E-state index in [1.165, 1.54) is 12.1 Å². The molecule has 146 valence electrons. The summed E-state index contributed by atoms with van der Waals surface area (Å²) in [4.78, 5) is 12.3. The van der Waals surface area contributed by atoms with Gasteiger partial charge in [0.05, 0.1) is 33.9 Å². The number of fused-ring (bicyclic) bond motifs is 1. The minimum atomic E-state index is -0.305. The highest BCUT2D eigenvalue weighted by molar-refractivity contribution is 5.76. The summed E-state index contributed by atoms with van der Waals surface area (Å²) in [6, 6.07) is 19.2. The lowest BCUT2D eigenvalue weighted by molar-refractivity contribution is 0.628. The highest BCUT2D eigenvalue weighted by atomic mass is 19.1. The fraction of sp³-hybridized carbons (Fsp3) is 0.130. The number of aromatic amines is 1. The van der Waals surface area contributed by atoms with E-state index in [1.807, 2.05) is 6.07 Å². The highest BCUT2D eigenvalue weighted by Crippen LogP contribution is 2.22. The smallest absolute Gasteiger partial charge is 0.144 e. The molecule has 4 rings (SSSR count). The van der Waals surface area contributed by atoms with E-state index in [2.05, 4.69) is 32.4 Å². The first kappa shape index (κ1) is 19.1. The van der Waals surface area contributed by atoms with Gasteiger partial charge in [-0.3, -0.25) is 0 Å². The molecule has 2 aromatic carbocycles. The van der Waals surface area contributed by atoms with Crippen molar-refractivity contribution in [3.05, 3.63) is 77.4 Å². The monoisotopic (exact) mass is 396 g/mol. The van der Waals surface area contributed by atoms with E-state index in [0.29, 0.717) is 35.6 Å². The molecule has 2 aromatic heterocycles. The number of imidazole rings is 1. The molecule has 0 aliphatic rings. The average Bonchev–Trinajstić information content (AvgIpc) is 3.19. The molecule has 0 atom stereocenters. The lowest BCUT2D eigenvalue weighted by atomic mass is 10.1. The number of nitriles is 2. The van der Waals surface area contributed by atoms with Gasteiger partial charge in [-0.05, 0) is 61.0 Å². The molecule has 6 nitrogen and oxygen atoms in total. The maximum absolute atomic E-state index is 13.2. The van der Waals surface area contributed by atoms with Crippen molar-refractivity contribution in [2.24, 2.45) is 0 Å². The van der Waals surface area contributed by atoms with E-state index in [9.17, 15) is 9.65 Å². The summed E-state index contributed by atoms with van der Waals surface area (Å²) >= 11 is 0. The van der Waals surface area contributed by atoms with Crippen molar-refractivity contribution >= 4 is 16.9 Å². The molecule has 0 bridgehead atoms. The maximum atomic E-state index is 13.2. The molecule has 30 heavy (non-hydrogen) atoms. The summed E-state index contributed by atoms with van der Waals surface area (Å²) in [6.07, 6.45) is 1.49. The van der Waals surface area contributed by atoms with Crippen molar-refractivity contribution < 1.29 is 4.39 Å². The van der Waals surface area contributed by atoms with Gasteiger partial charge in [0, 0.05) is 18.5 Å². The van der Waals surface area contributed by atoms with E-state index >= 15 is 0 Å². The summed E-state index contributed by atoms with van der Waals surface area (Å²) in [5.74, 6) is 1.04. The van der Waals surface area contributed by atoms with Gasteiger partial charge >= 0.3 is 0 Å². The van der Waals surface area contributed by atoms with Gasteiger partial charge in [0.2, 0.25) is 0 Å². The lowest BCUT2D eigenvalue weighted by Gasteiger charge is -2.09. The zero-order valence-electron chi connectivity index (χ0n) is 16.0. The summed E-state index contributed by atoms with van der Waals surface area (Å²) in [6.45, 7) is 0.606. The van der Waals surface area contributed by atoms with E-state index in [-0.39, 0.29) is 5.82 Å². The van der Waals surface area contributed by atoms with Crippen molar-refractivity contribution in [3.63, 3.8) is 0 Å². The largest absolute Gasteiger partial charge is 0.369 e. The van der Waals surface area contributed by atoms with Crippen LogP contribution in [-0.4, -0.2) is 21.5 Å². The van der Waals surface area contributed by atoms with Crippen LogP contribution in [-0.2, 0) is 6.42 Å². The summed E-state index contributed by atoms with van der Waals surface area (Å²) in [7, 11) is 0. The molecule has 0 aliphatic heterocycles. The number of pyridine rings is 1. The predicted molar refractivity (Wildman–Crippen MR) is 112 cm³/mol. The van der Waals surface area contributed by atoms with Gasteiger partial charge in [0.15, 0.2) is 0 Å². The number of hydrogen-bond acceptors (Lipinski definition) is 5. The lowest BCUT2D eigenvalue weighted by Crippen LogP contribution is -2.07. The predicted octanol–water partition coefficient (Wildman–Crippen LogP) is 4.55. The molecular formula is C23H17FN6. The zero-order valence-corrected chi connectivity index (χ0v) is 16.0. The van der Waals surface area contributed by atoms with Crippen LogP contribution >= 0.6 is 0 Å². The minimum Gasteiger partial charge on any atom is -0.369 e. The van der Waals surface area contributed by atoms with Crippen LogP contribution in [0.4, 0.5) is 10.2 Å². The Balaban J connectivity index is 1.42. The Bertz CT molecular complexity index is 1280. The second kappa shape index (κ2) is 8.42. The Kier molecular flexibility index (Phi) is 5.36. The molecule has 0 aliphatic carbocycles. The van der Waals surface area contributed by atoms with Crippen molar-refractivity contribution in [2.45, 2.75) is 12.8 Å². The number of aromatic nitrogens is 3. The minimum absolute atomic E-state index is 0.305. The molecule has 0 saturated carbocycles. The van der Waals surface area contributed by atoms with Crippen LogP contribution in [0.1, 0.15) is 23.4 Å². The van der Waals surface area contributed by atoms with E-state index in [0.717, 1.165) is 28.8 Å². The van der Waals surface area contributed by atoms with Crippen molar-refractivity contribution in [3.8, 4) is 23.4 Å². The topological polar surface area (TPSA) is 101 Å². The van der Waals surface area contributed by atoms with Crippen LogP contribution in [0.5, 0.6) is 0 Å².